The smallest absolute Gasteiger partial charge is 0.0677 e. The Morgan fingerprint density at radius 3 is 2.70 bits per heavy atom. The summed E-state index contributed by atoms with van der Waals surface area (Å²) >= 11 is 1.97. The van der Waals surface area contributed by atoms with E-state index in [2.05, 4.69) is 25.8 Å². The van der Waals surface area contributed by atoms with Crippen LogP contribution in [0.5, 0.6) is 0 Å². The van der Waals surface area contributed by atoms with Crippen LogP contribution in [0.3, 0.4) is 0 Å². The number of hydrogen-bond donors (Lipinski definition) is 0. The van der Waals surface area contributed by atoms with Crippen LogP contribution in [0.4, 0.5) is 0 Å². The van der Waals surface area contributed by atoms with Gasteiger partial charge in [-0.3, -0.25) is 4.99 Å². The molecule has 0 fully saturated rings. The predicted octanol–water partition coefficient (Wildman–Crippen LogP) is 2.57. The third-order valence-electron chi connectivity index (χ3n) is 1.78. The standard InChI is InChI=1S/C8H15NS/c1-4-8-9-5-7(10-8)6(2)3/h6-7H,4-5H2,1-3H3. The van der Waals surface area contributed by atoms with Gasteiger partial charge in [-0.25, -0.2) is 0 Å². The van der Waals surface area contributed by atoms with Gasteiger partial charge in [0.25, 0.3) is 0 Å². The molecule has 10 heavy (non-hydrogen) atoms. The molecule has 0 aromatic heterocycles. The molecule has 0 saturated heterocycles. The lowest BCUT2D eigenvalue weighted by atomic mass is 10.1. The Morgan fingerprint density at radius 1 is 1.70 bits per heavy atom. The third-order valence-corrected chi connectivity index (χ3v) is 3.47. The molecular formula is C8H15NS. The highest BCUT2D eigenvalue weighted by Gasteiger charge is 2.20. The van der Waals surface area contributed by atoms with Crippen molar-refractivity contribution in [2.45, 2.75) is 32.4 Å². The van der Waals surface area contributed by atoms with Crippen LogP contribution < -0.4 is 0 Å². The van der Waals surface area contributed by atoms with Crippen molar-refractivity contribution in [1.29, 1.82) is 0 Å². The highest BCUT2D eigenvalue weighted by atomic mass is 32.2. The van der Waals surface area contributed by atoms with E-state index in [1.165, 1.54) is 5.04 Å². The van der Waals surface area contributed by atoms with Crippen LogP contribution in [-0.4, -0.2) is 16.8 Å². The Labute approximate surface area is 67.3 Å². The first-order chi connectivity index (χ1) is 4.74. The fraction of sp³-hybridized carbons (Fsp3) is 0.875. The lowest BCUT2D eigenvalue weighted by Crippen LogP contribution is -2.11. The van der Waals surface area contributed by atoms with Gasteiger partial charge in [0.05, 0.1) is 11.6 Å². The van der Waals surface area contributed by atoms with E-state index in [-0.39, 0.29) is 0 Å². The maximum atomic E-state index is 4.44. The predicted molar refractivity (Wildman–Crippen MR) is 48.8 cm³/mol. The van der Waals surface area contributed by atoms with Crippen molar-refractivity contribution in [2.75, 3.05) is 6.54 Å². The molecule has 1 unspecified atom stereocenters. The third kappa shape index (κ3) is 1.75. The maximum Gasteiger partial charge on any atom is 0.0677 e. The van der Waals surface area contributed by atoms with Crippen LogP contribution >= 0.6 is 11.8 Å². The minimum absolute atomic E-state index is 0.759. The van der Waals surface area contributed by atoms with Crippen molar-refractivity contribution in [2.24, 2.45) is 10.9 Å². The van der Waals surface area contributed by atoms with Crippen LogP contribution in [0, 0.1) is 5.92 Å². The lowest BCUT2D eigenvalue weighted by Gasteiger charge is -2.10. The number of hydrogen-bond acceptors (Lipinski definition) is 2. The fourth-order valence-electron chi connectivity index (χ4n) is 0.983. The molecular weight excluding hydrogens is 142 g/mol. The quantitative estimate of drug-likeness (QED) is 0.600. The van der Waals surface area contributed by atoms with Crippen molar-refractivity contribution < 1.29 is 0 Å². The van der Waals surface area contributed by atoms with Crippen molar-refractivity contribution in [3.8, 4) is 0 Å². The van der Waals surface area contributed by atoms with Gasteiger partial charge in [-0.1, -0.05) is 20.8 Å². The van der Waals surface area contributed by atoms with E-state index in [1.54, 1.807) is 0 Å². The van der Waals surface area contributed by atoms with E-state index < -0.39 is 0 Å². The molecule has 2 heteroatoms. The number of rotatable bonds is 2. The number of thioether (sulfide) groups is 1. The Bertz CT molecular complexity index is 140. The van der Waals surface area contributed by atoms with Gasteiger partial charge < -0.3 is 0 Å². The second kappa shape index (κ2) is 3.42. The Balaban J connectivity index is 2.36. The average Bonchev–Trinajstić information content (AvgIpc) is 2.34. The summed E-state index contributed by atoms with van der Waals surface area (Å²) in [6.07, 6.45) is 1.12. The molecule has 0 aromatic carbocycles. The topological polar surface area (TPSA) is 12.4 Å². The molecule has 1 rings (SSSR count). The summed E-state index contributed by atoms with van der Waals surface area (Å²) in [5.41, 5.74) is 0. The Hall–Kier alpha value is 0.0200. The zero-order valence-corrected chi connectivity index (χ0v) is 7.74. The minimum Gasteiger partial charge on any atom is -0.282 e. The molecule has 58 valence electrons. The largest absolute Gasteiger partial charge is 0.282 e. The van der Waals surface area contributed by atoms with Gasteiger partial charge in [0.1, 0.15) is 0 Å². The SMILES string of the molecule is CCC1=NCC(C(C)C)S1. The average molecular weight is 157 g/mol. The molecule has 1 aliphatic heterocycles. The molecule has 0 saturated carbocycles. The van der Waals surface area contributed by atoms with Gasteiger partial charge in [0.15, 0.2) is 0 Å². The number of nitrogens with zero attached hydrogens (tertiary/aromatic N) is 1. The maximum absolute atomic E-state index is 4.44. The summed E-state index contributed by atoms with van der Waals surface area (Å²) < 4.78 is 0. The highest BCUT2D eigenvalue weighted by molar-refractivity contribution is 8.14. The molecule has 1 atom stereocenters. The van der Waals surface area contributed by atoms with Crippen LogP contribution in [0.15, 0.2) is 4.99 Å². The Kier molecular flexibility index (Phi) is 2.78. The summed E-state index contributed by atoms with van der Waals surface area (Å²) in [6.45, 7) is 7.76. The van der Waals surface area contributed by atoms with E-state index >= 15 is 0 Å². The van der Waals surface area contributed by atoms with Crippen molar-refractivity contribution in [3.63, 3.8) is 0 Å². The zero-order chi connectivity index (χ0) is 7.56. The summed E-state index contributed by atoms with van der Waals surface area (Å²) in [4.78, 5) is 4.44. The molecule has 1 heterocycles. The fourth-order valence-corrected chi connectivity index (χ4v) is 2.07. The molecule has 0 bridgehead atoms. The van der Waals surface area contributed by atoms with Crippen molar-refractivity contribution in [1.82, 2.24) is 0 Å². The van der Waals surface area contributed by atoms with Gasteiger partial charge in [-0.2, -0.15) is 0 Å². The minimum atomic E-state index is 0.759. The summed E-state index contributed by atoms with van der Waals surface area (Å²) in [6, 6.07) is 0. The first kappa shape index (κ1) is 8.12. The molecule has 0 amide bonds. The highest BCUT2D eigenvalue weighted by Crippen LogP contribution is 2.27. The zero-order valence-electron chi connectivity index (χ0n) is 6.92. The molecule has 1 aliphatic rings. The van der Waals surface area contributed by atoms with Gasteiger partial charge in [0, 0.05) is 5.25 Å². The van der Waals surface area contributed by atoms with E-state index in [0.717, 1.165) is 24.1 Å². The second-order valence-electron chi connectivity index (χ2n) is 2.99. The molecule has 1 nitrogen and oxygen atoms in total. The summed E-state index contributed by atoms with van der Waals surface area (Å²) in [5.74, 6) is 0.776. The number of aliphatic imine (C=N–C) groups is 1. The molecule has 0 spiro atoms. The molecule has 0 radical (unpaired) electrons. The van der Waals surface area contributed by atoms with Gasteiger partial charge in [-0.05, 0) is 12.3 Å². The van der Waals surface area contributed by atoms with Crippen LogP contribution in [0.1, 0.15) is 27.2 Å². The van der Waals surface area contributed by atoms with E-state index in [0.29, 0.717) is 0 Å². The Morgan fingerprint density at radius 2 is 2.40 bits per heavy atom. The van der Waals surface area contributed by atoms with Gasteiger partial charge in [0.2, 0.25) is 0 Å². The van der Waals surface area contributed by atoms with Crippen molar-refractivity contribution in [3.05, 3.63) is 0 Å². The summed E-state index contributed by atoms with van der Waals surface area (Å²) in [5, 5.41) is 2.11. The van der Waals surface area contributed by atoms with E-state index in [4.69, 9.17) is 0 Å². The van der Waals surface area contributed by atoms with E-state index in [9.17, 15) is 0 Å². The first-order valence-corrected chi connectivity index (χ1v) is 4.82. The lowest BCUT2D eigenvalue weighted by molar-refractivity contribution is 0.621. The van der Waals surface area contributed by atoms with E-state index in [1.807, 2.05) is 11.8 Å². The monoisotopic (exact) mass is 157 g/mol. The van der Waals surface area contributed by atoms with Gasteiger partial charge >= 0.3 is 0 Å². The summed E-state index contributed by atoms with van der Waals surface area (Å²) in [7, 11) is 0. The van der Waals surface area contributed by atoms with Crippen LogP contribution in [-0.2, 0) is 0 Å². The second-order valence-corrected chi connectivity index (χ2v) is 4.30. The molecule has 0 aliphatic carbocycles. The van der Waals surface area contributed by atoms with Crippen molar-refractivity contribution >= 4 is 16.8 Å². The molecule has 0 N–H and O–H groups in total. The van der Waals surface area contributed by atoms with Crippen LogP contribution in [0.25, 0.3) is 0 Å². The normalized spacial score (nSPS) is 25.6. The first-order valence-electron chi connectivity index (χ1n) is 3.94. The van der Waals surface area contributed by atoms with Gasteiger partial charge in [-0.15, -0.1) is 11.8 Å². The van der Waals surface area contributed by atoms with Crippen LogP contribution in [0.2, 0.25) is 0 Å². The molecule has 0 aromatic rings.